The molecule has 1 rings (SSSR count). The lowest BCUT2D eigenvalue weighted by atomic mass is 9.99. The van der Waals surface area contributed by atoms with Crippen LogP contribution in [0.15, 0.2) is 0 Å². The van der Waals surface area contributed by atoms with Crippen molar-refractivity contribution in [2.75, 3.05) is 18.6 Å². The molecule has 11 nitrogen and oxygen atoms in total. The Kier molecular flexibility index (Phi) is 12.2. The molecule has 5 unspecified atom stereocenters. The van der Waals surface area contributed by atoms with Crippen LogP contribution in [0, 0.1) is 5.92 Å². The van der Waals surface area contributed by atoms with Gasteiger partial charge in [-0.25, -0.2) is 4.79 Å². The van der Waals surface area contributed by atoms with Gasteiger partial charge in [-0.2, -0.15) is 11.8 Å². The lowest BCUT2D eigenvalue weighted by Crippen LogP contribution is -2.57. The van der Waals surface area contributed by atoms with E-state index in [1.165, 1.54) is 16.7 Å². The summed E-state index contributed by atoms with van der Waals surface area (Å²) >= 11 is 1.48. The van der Waals surface area contributed by atoms with E-state index in [0.29, 0.717) is 25.0 Å². The van der Waals surface area contributed by atoms with E-state index >= 15 is 0 Å². The highest BCUT2D eigenvalue weighted by Gasteiger charge is 2.38. The van der Waals surface area contributed by atoms with Crippen LogP contribution in [0.1, 0.15) is 52.4 Å². The SMILES string of the molecule is CCC(C)C(N)C(=O)NC(CCSC)C(=O)NC(CCC(=O)O)C(=O)N1CCCC1C(=O)O. The van der Waals surface area contributed by atoms with Crippen molar-refractivity contribution >= 4 is 41.4 Å². The first-order valence-electron chi connectivity index (χ1n) is 11.1. The van der Waals surface area contributed by atoms with Crippen LogP contribution in [0.25, 0.3) is 0 Å². The number of aliphatic carboxylic acids is 2. The number of carbonyl (C=O) groups excluding carboxylic acids is 3. The van der Waals surface area contributed by atoms with Gasteiger partial charge in [0, 0.05) is 13.0 Å². The molecule has 0 aliphatic carbocycles. The molecule has 0 radical (unpaired) electrons. The topological polar surface area (TPSA) is 179 Å². The third-order valence-corrected chi connectivity index (χ3v) is 6.53. The van der Waals surface area contributed by atoms with Gasteiger partial charge < -0.3 is 31.5 Å². The molecule has 1 aliphatic rings. The molecule has 188 valence electrons. The monoisotopic (exact) mass is 488 g/mol. The van der Waals surface area contributed by atoms with E-state index in [2.05, 4.69) is 10.6 Å². The molecule has 1 saturated heterocycles. The lowest BCUT2D eigenvalue weighted by molar-refractivity contribution is -0.150. The number of thioether (sulfide) groups is 1. The predicted molar refractivity (Wildman–Crippen MR) is 124 cm³/mol. The molecule has 1 heterocycles. The summed E-state index contributed by atoms with van der Waals surface area (Å²) in [4.78, 5) is 62.4. The number of hydrogen-bond donors (Lipinski definition) is 5. The van der Waals surface area contributed by atoms with Crippen molar-refractivity contribution in [3.05, 3.63) is 0 Å². The maximum atomic E-state index is 13.0. The molecule has 12 heteroatoms. The minimum atomic E-state index is -1.22. The number of likely N-dealkylation sites (tertiary alicyclic amines) is 1. The smallest absolute Gasteiger partial charge is 0.326 e. The van der Waals surface area contributed by atoms with E-state index in [0.717, 1.165) is 0 Å². The van der Waals surface area contributed by atoms with Gasteiger partial charge in [0.05, 0.1) is 6.04 Å². The Labute approximate surface area is 198 Å². The Morgan fingerprint density at radius 2 is 1.73 bits per heavy atom. The number of amides is 3. The molecule has 5 atom stereocenters. The van der Waals surface area contributed by atoms with E-state index in [-0.39, 0.29) is 31.7 Å². The van der Waals surface area contributed by atoms with Crippen molar-refractivity contribution in [2.24, 2.45) is 11.7 Å². The Morgan fingerprint density at radius 1 is 1.09 bits per heavy atom. The van der Waals surface area contributed by atoms with Gasteiger partial charge in [-0.1, -0.05) is 20.3 Å². The quantitative estimate of drug-likeness (QED) is 0.225. The molecule has 0 aromatic rings. The highest BCUT2D eigenvalue weighted by Crippen LogP contribution is 2.20. The van der Waals surface area contributed by atoms with Crippen LogP contribution >= 0.6 is 11.8 Å². The Hall–Kier alpha value is -2.34. The number of hydrogen-bond acceptors (Lipinski definition) is 7. The predicted octanol–water partition coefficient (Wildman–Crippen LogP) is 0.0229. The molecule has 1 aliphatic heterocycles. The van der Waals surface area contributed by atoms with Crippen molar-refractivity contribution in [1.29, 1.82) is 0 Å². The molecule has 0 aromatic heterocycles. The number of carboxylic acids is 2. The van der Waals surface area contributed by atoms with Crippen molar-refractivity contribution < 1.29 is 34.2 Å². The van der Waals surface area contributed by atoms with Gasteiger partial charge in [0.25, 0.3) is 0 Å². The summed E-state index contributed by atoms with van der Waals surface area (Å²) in [6, 6.07) is -3.99. The first kappa shape index (κ1) is 28.7. The van der Waals surface area contributed by atoms with Crippen molar-refractivity contribution in [3.8, 4) is 0 Å². The number of carbonyl (C=O) groups is 5. The lowest BCUT2D eigenvalue weighted by Gasteiger charge is -2.29. The molecule has 1 fully saturated rings. The average Bonchev–Trinajstić information content (AvgIpc) is 3.27. The minimum Gasteiger partial charge on any atom is -0.481 e. The van der Waals surface area contributed by atoms with Crippen LogP contribution in [0.2, 0.25) is 0 Å². The normalized spacial score (nSPS) is 19.3. The molecule has 0 saturated carbocycles. The van der Waals surface area contributed by atoms with Crippen LogP contribution in [0.5, 0.6) is 0 Å². The highest BCUT2D eigenvalue weighted by molar-refractivity contribution is 7.98. The fourth-order valence-corrected chi connectivity index (χ4v) is 4.04. The zero-order valence-corrected chi connectivity index (χ0v) is 20.2. The maximum absolute atomic E-state index is 13.0. The molecular weight excluding hydrogens is 452 g/mol. The number of nitrogens with zero attached hydrogens (tertiary/aromatic N) is 1. The Bertz CT molecular complexity index is 721. The average molecular weight is 489 g/mol. The van der Waals surface area contributed by atoms with Gasteiger partial charge in [-0.05, 0) is 43.6 Å². The van der Waals surface area contributed by atoms with Gasteiger partial charge in [0.1, 0.15) is 18.1 Å². The standard InChI is InChI=1S/C21H36N4O7S/c1-4-12(2)17(22)19(29)23-13(9-11-33-3)18(28)24-14(7-8-16(26)27)20(30)25-10-5-6-15(25)21(31)32/h12-15,17H,4-11,22H2,1-3H3,(H,23,29)(H,24,28)(H,26,27)(H,31,32). The van der Waals surface area contributed by atoms with E-state index in [4.69, 9.17) is 10.8 Å². The number of carboxylic acid groups (broad SMARTS) is 2. The zero-order valence-electron chi connectivity index (χ0n) is 19.4. The van der Waals surface area contributed by atoms with Crippen molar-refractivity contribution in [1.82, 2.24) is 15.5 Å². The second-order valence-corrected chi connectivity index (χ2v) is 9.26. The number of nitrogens with one attached hydrogen (secondary N) is 2. The molecule has 3 amide bonds. The van der Waals surface area contributed by atoms with Crippen LogP contribution in [-0.4, -0.2) is 87.5 Å². The molecular formula is C21H36N4O7S. The third kappa shape index (κ3) is 8.84. The summed E-state index contributed by atoms with van der Waals surface area (Å²) in [5.41, 5.74) is 5.97. The van der Waals surface area contributed by atoms with Crippen molar-refractivity contribution in [2.45, 2.75) is 76.5 Å². The summed E-state index contributed by atoms with van der Waals surface area (Å²) in [7, 11) is 0. The summed E-state index contributed by atoms with van der Waals surface area (Å²) < 4.78 is 0. The summed E-state index contributed by atoms with van der Waals surface area (Å²) in [5.74, 6) is -3.59. The molecule has 6 N–H and O–H groups in total. The van der Waals surface area contributed by atoms with E-state index in [1.807, 2.05) is 20.1 Å². The van der Waals surface area contributed by atoms with Crippen molar-refractivity contribution in [3.63, 3.8) is 0 Å². The van der Waals surface area contributed by atoms with E-state index in [1.54, 1.807) is 0 Å². The Morgan fingerprint density at radius 3 is 2.27 bits per heavy atom. The van der Waals surface area contributed by atoms with Crippen LogP contribution < -0.4 is 16.4 Å². The van der Waals surface area contributed by atoms with Gasteiger partial charge in [-0.15, -0.1) is 0 Å². The molecule has 0 aromatic carbocycles. The van der Waals surface area contributed by atoms with E-state index in [9.17, 15) is 29.1 Å². The molecule has 33 heavy (non-hydrogen) atoms. The van der Waals surface area contributed by atoms with Crippen LogP contribution in [0.4, 0.5) is 0 Å². The molecule has 0 spiro atoms. The second-order valence-electron chi connectivity index (χ2n) is 8.28. The summed E-state index contributed by atoms with van der Waals surface area (Å²) in [6.45, 7) is 3.94. The van der Waals surface area contributed by atoms with Gasteiger partial charge in [0.2, 0.25) is 17.7 Å². The van der Waals surface area contributed by atoms with Gasteiger partial charge in [-0.3, -0.25) is 19.2 Å². The highest BCUT2D eigenvalue weighted by atomic mass is 32.2. The van der Waals surface area contributed by atoms with Gasteiger partial charge in [0.15, 0.2) is 0 Å². The fourth-order valence-electron chi connectivity index (χ4n) is 3.57. The van der Waals surface area contributed by atoms with Crippen LogP contribution in [-0.2, 0) is 24.0 Å². The van der Waals surface area contributed by atoms with Gasteiger partial charge >= 0.3 is 11.9 Å². The largest absolute Gasteiger partial charge is 0.481 e. The fraction of sp³-hybridized carbons (Fsp3) is 0.762. The van der Waals surface area contributed by atoms with E-state index < -0.39 is 53.8 Å². The summed E-state index contributed by atoms with van der Waals surface area (Å²) in [5, 5.41) is 23.6. The molecule has 0 bridgehead atoms. The zero-order chi connectivity index (χ0) is 25.1. The minimum absolute atomic E-state index is 0.0951. The Balaban J connectivity index is 3.01. The first-order chi connectivity index (χ1) is 15.5. The third-order valence-electron chi connectivity index (χ3n) is 5.89. The number of nitrogens with two attached hydrogens (primary N) is 1. The number of rotatable bonds is 14. The maximum Gasteiger partial charge on any atom is 0.326 e. The second kappa shape index (κ2) is 14.0. The van der Waals surface area contributed by atoms with Crippen LogP contribution in [0.3, 0.4) is 0 Å². The first-order valence-corrected chi connectivity index (χ1v) is 12.5. The summed E-state index contributed by atoms with van der Waals surface area (Å²) in [6.07, 6.45) is 3.03.